The van der Waals surface area contributed by atoms with Gasteiger partial charge < -0.3 is 10.2 Å². The van der Waals surface area contributed by atoms with Gasteiger partial charge in [-0.3, -0.25) is 4.79 Å². The maximum atomic E-state index is 13.3. The van der Waals surface area contributed by atoms with Gasteiger partial charge in [-0.25, -0.2) is 0 Å². The van der Waals surface area contributed by atoms with Crippen molar-refractivity contribution in [3.63, 3.8) is 0 Å². The summed E-state index contributed by atoms with van der Waals surface area (Å²) in [5, 5.41) is 2.68. The maximum Gasteiger partial charge on any atom is 0.416 e. The highest BCUT2D eigenvalue weighted by Gasteiger charge is 2.47. The van der Waals surface area contributed by atoms with E-state index in [9.17, 15) is 31.1 Å². The van der Waals surface area contributed by atoms with Gasteiger partial charge in [0, 0.05) is 12.6 Å². The number of carbonyl (C=O) groups excluding carboxylic acids is 1. The van der Waals surface area contributed by atoms with Gasteiger partial charge in [0.05, 0.1) is 16.5 Å². The molecule has 0 spiro atoms. The van der Waals surface area contributed by atoms with Crippen LogP contribution in [0.4, 0.5) is 26.3 Å². The third-order valence-corrected chi connectivity index (χ3v) is 6.87. The molecule has 33 heavy (non-hydrogen) atoms. The normalized spacial score (nSPS) is 24.9. The summed E-state index contributed by atoms with van der Waals surface area (Å²) in [5.41, 5.74) is -3.60. The molecular formula is C24H32F6N2O. The van der Waals surface area contributed by atoms with E-state index >= 15 is 0 Å². The summed E-state index contributed by atoms with van der Waals surface area (Å²) in [5.74, 6) is -0.0390. The molecule has 1 heterocycles. The van der Waals surface area contributed by atoms with E-state index in [4.69, 9.17) is 0 Å². The fourth-order valence-electron chi connectivity index (χ4n) is 5.45. The zero-order chi connectivity index (χ0) is 24.4. The second-order valence-corrected chi connectivity index (χ2v) is 9.97. The SMILES string of the molecule is CC(C)CC1(C(=O)NCc2cc(C(F)(F)F)cc(C(F)(F)F)c2)CCC(N2CCCCC2)C1. The van der Waals surface area contributed by atoms with Crippen LogP contribution in [0.25, 0.3) is 0 Å². The van der Waals surface area contributed by atoms with Gasteiger partial charge in [0.1, 0.15) is 0 Å². The minimum absolute atomic E-state index is 0.103. The number of rotatable bonds is 6. The van der Waals surface area contributed by atoms with Crippen molar-refractivity contribution in [3.05, 3.63) is 34.9 Å². The molecule has 3 nitrogen and oxygen atoms in total. The Kier molecular flexibility index (Phi) is 7.71. The Labute approximate surface area is 190 Å². The lowest BCUT2D eigenvalue weighted by atomic mass is 9.77. The van der Waals surface area contributed by atoms with E-state index in [1.807, 2.05) is 13.8 Å². The minimum atomic E-state index is -4.91. The number of carbonyl (C=O) groups is 1. The lowest BCUT2D eigenvalue weighted by molar-refractivity contribution is -0.143. The van der Waals surface area contributed by atoms with Crippen molar-refractivity contribution in [1.29, 1.82) is 0 Å². The van der Waals surface area contributed by atoms with Crippen molar-refractivity contribution in [1.82, 2.24) is 10.2 Å². The third kappa shape index (κ3) is 6.43. The van der Waals surface area contributed by atoms with Crippen LogP contribution >= 0.6 is 0 Å². The minimum Gasteiger partial charge on any atom is -0.352 e. The average molecular weight is 479 g/mol. The Hall–Kier alpha value is -1.77. The number of hydrogen-bond donors (Lipinski definition) is 1. The van der Waals surface area contributed by atoms with E-state index in [2.05, 4.69) is 10.2 Å². The smallest absolute Gasteiger partial charge is 0.352 e. The predicted molar refractivity (Wildman–Crippen MR) is 113 cm³/mol. The van der Waals surface area contributed by atoms with Crippen molar-refractivity contribution in [3.8, 4) is 0 Å². The highest BCUT2D eigenvalue weighted by atomic mass is 19.4. The van der Waals surface area contributed by atoms with Gasteiger partial charge in [-0.1, -0.05) is 20.3 Å². The second kappa shape index (κ2) is 9.84. The molecule has 3 rings (SSSR count). The van der Waals surface area contributed by atoms with Crippen LogP contribution in [0.15, 0.2) is 18.2 Å². The zero-order valence-electron chi connectivity index (χ0n) is 19.1. The average Bonchev–Trinajstić information content (AvgIpc) is 3.16. The Morgan fingerprint density at radius 1 is 1.03 bits per heavy atom. The number of benzene rings is 1. The van der Waals surface area contributed by atoms with Gasteiger partial charge in [0.25, 0.3) is 0 Å². The summed E-state index contributed by atoms with van der Waals surface area (Å²) in [6, 6.07) is 1.75. The summed E-state index contributed by atoms with van der Waals surface area (Å²) in [6.45, 7) is 5.68. The van der Waals surface area contributed by atoms with Crippen LogP contribution in [0.5, 0.6) is 0 Å². The van der Waals surface area contributed by atoms with Crippen molar-refractivity contribution in [2.45, 2.75) is 83.7 Å². The Morgan fingerprint density at radius 3 is 2.12 bits per heavy atom. The van der Waals surface area contributed by atoms with Crippen LogP contribution in [0.2, 0.25) is 0 Å². The first-order valence-electron chi connectivity index (χ1n) is 11.6. The molecule has 2 atom stereocenters. The molecule has 2 aliphatic rings. The lowest BCUT2D eigenvalue weighted by Crippen LogP contribution is -2.43. The van der Waals surface area contributed by atoms with Crippen molar-refractivity contribution in [2.75, 3.05) is 13.1 Å². The lowest BCUT2D eigenvalue weighted by Gasteiger charge is -2.35. The quantitative estimate of drug-likeness (QED) is 0.479. The Morgan fingerprint density at radius 2 is 1.61 bits per heavy atom. The fourth-order valence-corrected chi connectivity index (χ4v) is 5.45. The van der Waals surface area contributed by atoms with E-state index in [-0.39, 0.29) is 30.0 Å². The first-order valence-corrected chi connectivity index (χ1v) is 11.6. The summed E-state index contributed by atoms with van der Waals surface area (Å²) in [4.78, 5) is 15.7. The van der Waals surface area contributed by atoms with Gasteiger partial charge in [0.15, 0.2) is 0 Å². The fraction of sp³-hybridized carbons (Fsp3) is 0.708. The summed E-state index contributed by atoms with van der Waals surface area (Å²) < 4.78 is 78.9. The highest BCUT2D eigenvalue weighted by molar-refractivity contribution is 5.83. The Balaban J connectivity index is 1.77. The van der Waals surface area contributed by atoms with Crippen LogP contribution in [0.1, 0.15) is 75.5 Å². The molecule has 1 aliphatic carbocycles. The number of piperidine rings is 1. The first kappa shape index (κ1) is 25.8. The summed E-state index contributed by atoms with van der Waals surface area (Å²) in [7, 11) is 0. The van der Waals surface area contributed by atoms with Crippen LogP contribution in [-0.4, -0.2) is 29.9 Å². The topological polar surface area (TPSA) is 32.3 Å². The van der Waals surface area contributed by atoms with E-state index < -0.39 is 28.9 Å². The third-order valence-electron chi connectivity index (χ3n) is 6.87. The number of halogens is 6. The van der Waals surface area contributed by atoms with E-state index in [1.54, 1.807) is 0 Å². The van der Waals surface area contributed by atoms with Gasteiger partial charge >= 0.3 is 12.4 Å². The summed E-state index contributed by atoms with van der Waals surface area (Å²) in [6.07, 6.45) is -3.48. The standard InChI is InChI=1S/C24H32F6N2O/c1-16(2)13-22(7-6-20(14-22)32-8-4-3-5-9-32)21(33)31-15-17-10-18(23(25,26)27)12-19(11-17)24(28,29)30/h10-12,16,20H,3-9,13-15H2,1-2H3,(H,31,33). The van der Waals surface area contributed by atoms with E-state index in [1.165, 1.54) is 6.42 Å². The van der Waals surface area contributed by atoms with Gasteiger partial charge in [-0.2, -0.15) is 26.3 Å². The molecule has 0 radical (unpaired) electrons. The van der Waals surface area contributed by atoms with E-state index in [0.717, 1.165) is 32.4 Å². The number of nitrogens with zero attached hydrogens (tertiary/aromatic N) is 1. The number of likely N-dealkylation sites (tertiary alicyclic amines) is 1. The molecule has 0 aromatic heterocycles. The predicted octanol–water partition coefficient (Wildman–Crippen LogP) is 6.41. The van der Waals surface area contributed by atoms with Crippen molar-refractivity contribution < 1.29 is 31.1 Å². The largest absolute Gasteiger partial charge is 0.416 e. The zero-order valence-corrected chi connectivity index (χ0v) is 19.1. The number of alkyl halides is 6. The second-order valence-electron chi connectivity index (χ2n) is 9.97. The highest BCUT2D eigenvalue weighted by Crippen LogP contribution is 2.46. The molecule has 2 unspecified atom stereocenters. The molecule has 1 aromatic rings. The van der Waals surface area contributed by atoms with Gasteiger partial charge in [-0.15, -0.1) is 0 Å². The molecule has 1 saturated carbocycles. The molecule has 1 amide bonds. The summed E-state index contributed by atoms with van der Waals surface area (Å²) >= 11 is 0. The maximum absolute atomic E-state index is 13.3. The Bertz CT molecular complexity index is 797. The van der Waals surface area contributed by atoms with E-state index in [0.29, 0.717) is 37.4 Å². The first-order chi connectivity index (χ1) is 15.3. The monoisotopic (exact) mass is 478 g/mol. The molecular weight excluding hydrogens is 446 g/mol. The van der Waals surface area contributed by atoms with Crippen molar-refractivity contribution in [2.24, 2.45) is 11.3 Å². The van der Waals surface area contributed by atoms with Crippen molar-refractivity contribution >= 4 is 5.91 Å². The molecule has 2 fully saturated rings. The molecule has 186 valence electrons. The molecule has 9 heteroatoms. The molecule has 1 saturated heterocycles. The molecule has 1 aromatic carbocycles. The van der Waals surface area contributed by atoms with Crippen LogP contribution in [0, 0.1) is 11.3 Å². The number of amides is 1. The van der Waals surface area contributed by atoms with Crippen LogP contribution < -0.4 is 5.32 Å². The number of hydrogen-bond acceptors (Lipinski definition) is 2. The molecule has 1 N–H and O–H groups in total. The molecule has 1 aliphatic heterocycles. The van der Waals surface area contributed by atoms with Crippen LogP contribution in [0.3, 0.4) is 0 Å². The number of nitrogens with one attached hydrogen (secondary N) is 1. The van der Waals surface area contributed by atoms with Gasteiger partial charge in [-0.05, 0) is 81.3 Å². The van der Waals surface area contributed by atoms with Crippen LogP contribution in [-0.2, 0) is 23.7 Å². The molecule has 0 bridgehead atoms. The van der Waals surface area contributed by atoms with Gasteiger partial charge in [0.2, 0.25) is 5.91 Å².